The van der Waals surface area contributed by atoms with E-state index in [4.69, 9.17) is 14.2 Å². The summed E-state index contributed by atoms with van der Waals surface area (Å²) in [6.45, 7) is 4.49. The number of alkyl halides is 1. The number of esters is 1. The van der Waals surface area contributed by atoms with E-state index < -0.39 is 5.34 Å². The Hall–Kier alpha value is -1.70. The number of carbonyl (C=O) groups is 1. The number of fused-ring (bicyclic) bond motifs is 1. The molecule has 0 heterocycles. The molecule has 0 saturated heterocycles. The molecule has 0 saturated carbocycles. The van der Waals surface area contributed by atoms with E-state index in [0.29, 0.717) is 42.6 Å². The smallest absolute Gasteiger partial charge is 0.337 e. The predicted molar refractivity (Wildman–Crippen MR) is 118 cm³/mol. The summed E-state index contributed by atoms with van der Waals surface area (Å²) < 4.78 is 30.1. The van der Waals surface area contributed by atoms with Gasteiger partial charge in [-0.2, -0.15) is 4.39 Å². The van der Waals surface area contributed by atoms with Crippen molar-refractivity contribution in [3.63, 3.8) is 0 Å². The first kappa shape index (κ1) is 22.0. The van der Waals surface area contributed by atoms with Crippen molar-refractivity contribution in [2.75, 3.05) is 6.61 Å². The predicted octanol–water partition coefficient (Wildman–Crippen LogP) is 5.42. The van der Waals surface area contributed by atoms with E-state index in [0.717, 1.165) is 24.0 Å². The molecular weight excluding hydrogens is 409 g/mol. The van der Waals surface area contributed by atoms with Crippen LogP contribution in [0.4, 0.5) is 4.39 Å². The maximum absolute atomic E-state index is 13.6. The Bertz CT molecular complexity index is 851. The molecule has 0 amide bonds. The molecule has 3 atom stereocenters. The lowest BCUT2D eigenvalue weighted by atomic mass is 9.78. The Labute approximate surface area is 176 Å². The number of rotatable bonds is 7. The molecule has 0 aromatic heterocycles. The van der Waals surface area contributed by atoms with Crippen LogP contribution in [0.3, 0.4) is 0 Å². The van der Waals surface area contributed by atoms with E-state index in [1.54, 1.807) is 19.1 Å². The fraction of sp³-hybridized carbons (Fsp3) is 0.409. The van der Waals surface area contributed by atoms with Crippen molar-refractivity contribution < 1.29 is 23.4 Å². The number of hydrogen-bond acceptors (Lipinski definition) is 4. The number of allylic oxidation sites excluding steroid dienone is 4. The number of halogens is 1. The van der Waals surface area contributed by atoms with Crippen molar-refractivity contribution in [2.45, 2.75) is 45.1 Å². The lowest BCUT2D eigenvalue weighted by Gasteiger charge is -2.31. The highest BCUT2D eigenvalue weighted by molar-refractivity contribution is 7.38. The first-order valence-corrected chi connectivity index (χ1v) is 10.9. The van der Waals surface area contributed by atoms with E-state index in [2.05, 4.69) is 19.1 Å². The molecule has 0 aliphatic heterocycles. The van der Waals surface area contributed by atoms with Crippen LogP contribution in [0.1, 0.15) is 38.7 Å². The van der Waals surface area contributed by atoms with Gasteiger partial charge in [-0.15, -0.1) is 0 Å². The van der Waals surface area contributed by atoms with Crippen LogP contribution in [-0.4, -0.2) is 17.9 Å². The minimum Gasteiger partial charge on any atom is -0.488 e. The van der Waals surface area contributed by atoms with Crippen LogP contribution < -0.4 is 4.74 Å². The van der Waals surface area contributed by atoms with Crippen molar-refractivity contribution in [1.29, 1.82) is 0 Å². The number of hydrogen-bond donors (Lipinski definition) is 0. The first-order chi connectivity index (χ1) is 13.8. The third-order valence-electron chi connectivity index (χ3n) is 4.93. The van der Waals surface area contributed by atoms with E-state index >= 15 is 0 Å². The van der Waals surface area contributed by atoms with Crippen molar-refractivity contribution >= 4 is 24.4 Å². The Morgan fingerprint density at radius 3 is 2.66 bits per heavy atom. The molecule has 0 N–H and O–H groups in total. The van der Waals surface area contributed by atoms with Crippen LogP contribution in [0.15, 0.2) is 58.9 Å². The quantitative estimate of drug-likeness (QED) is 0.423. The zero-order valence-corrected chi connectivity index (χ0v) is 19.1. The molecule has 29 heavy (non-hydrogen) atoms. The number of ether oxygens (including phenoxy) is 3. The molecule has 3 rings (SSSR count). The maximum atomic E-state index is 13.6. The first-order valence-electron chi connectivity index (χ1n) is 9.73. The third-order valence-corrected chi connectivity index (χ3v) is 5.16. The third kappa shape index (κ3) is 5.90. The molecule has 1 aromatic rings. The van der Waals surface area contributed by atoms with Crippen LogP contribution in [0.5, 0.6) is 5.75 Å². The van der Waals surface area contributed by atoms with Crippen molar-refractivity contribution in [3.05, 3.63) is 64.5 Å². The zero-order valence-electron chi connectivity index (χ0n) is 16.7. The van der Waals surface area contributed by atoms with Crippen LogP contribution in [0, 0.1) is 5.92 Å². The normalized spacial score (nSPS) is 19.1. The van der Waals surface area contributed by atoms with E-state index in [1.807, 2.05) is 30.6 Å². The van der Waals surface area contributed by atoms with Gasteiger partial charge < -0.3 is 14.2 Å². The van der Waals surface area contributed by atoms with Gasteiger partial charge in [-0.3, -0.25) is 0 Å². The maximum Gasteiger partial charge on any atom is 0.337 e. The Morgan fingerprint density at radius 1 is 1.28 bits per heavy atom. The Morgan fingerprint density at radius 2 is 2.00 bits per heavy atom. The van der Waals surface area contributed by atoms with Gasteiger partial charge in [0.2, 0.25) is 0 Å². The largest absolute Gasteiger partial charge is 0.488 e. The van der Waals surface area contributed by atoms with Gasteiger partial charge in [0.05, 0.1) is 12.2 Å². The molecular formula is C22H27FO4P2. The second-order valence-electron chi connectivity index (χ2n) is 7.28. The SMILES string of the molecule is CCOC(=O)C1=C(OCc2ccc(OC(F)(P)P)cc2)C2=CC(C)=CCC2CC1. The van der Waals surface area contributed by atoms with Gasteiger partial charge in [0.25, 0.3) is 5.34 Å². The summed E-state index contributed by atoms with van der Waals surface area (Å²) in [4.78, 5) is 12.5. The highest BCUT2D eigenvalue weighted by atomic mass is 31.1. The van der Waals surface area contributed by atoms with Crippen molar-refractivity contribution in [3.8, 4) is 5.75 Å². The molecule has 0 bridgehead atoms. The average molecular weight is 436 g/mol. The molecule has 3 unspecified atom stereocenters. The van der Waals surface area contributed by atoms with E-state index in [1.165, 1.54) is 5.57 Å². The molecule has 2 aliphatic rings. The van der Waals surface area contributed by atoms with Crippen LogP contribution >= 0.6 is 18.5 Å². The van der Waals surface area contributed by atoms with Crippen molar-refractivity contribution in [1.82, 2.24) is 0 Å². The Kier molecular flexibility index (Phi) is 7.14. The van der Waals surface area contributed by atoms with Crippen LogP contribution in [0.2, 0.25) is 0 Å². The van der Waals surface area contributed by atoms with Gasteiger partial charge >= 0.3 is 5.97 Å². The summed E-state index contributed by atoms with van der Waals surface area (Å²) in [6.07, 6.45) is 6.86. The number of carbonyl (C=O) groups excluding carboxylic acids is 1. The zero-order chi connectivity index (χ0) is 21.0. The molecule has 7 heteroatoms. The summed E-state index contributed by atoms with van der Waals surface area (Å²) in [6, 6.07) is 7.03. The standard InChI is InChI=1S/C22H27FO4P2/c1-3-25-21(24)18-11-8-16-7-4-14(2)12-19(16)20(18)26-13-15-5-9-17(10-6-15)27-22(23,28)29/h4-6,9-10,12,16H,3,7-8,11,13,28-29H2,1-2H3. The number of benzene rings is 1. The van der Waals surface area contributed by atoms with Crippen molar-refractivity contribution in [2.24, 2.45) is 5.92 Å². The Balaban J connectivity index is 1.81. The van der Waals surface area contributed by atoms with Gasteiger partial charge in [0.15, 0.2) is 0 Å². The van der Waals surface area contributed by atoms with Crippen LogP contribution in [0.25, 0.3) is 0 Å². The van der Waals surface area contributed by atoms with Crippen LogP contribution in [-0.2, 0) is 20.9 Å². The molecule has 0 spiro atoms. The second-order valence-corrected chi connectivity index (χ2v) is 9.52. The lowest BCUT2D eigenvalue weighted by molar-refractivity contribution is -0.139. The summed E-state index contributed by atoms with van der Waals surface area (Å²) >= 11 is 0. The molecule has 4 nitrogen and oxygen atoms in total. The lowest BCUT2D eigenvalue weighted by Crippen LogP contribution is -2.22. The monoisotopic (exact) mass is 436 g/mol. The van der Waals surface area contributed by atoms with Gasteiger partial charge in [-0.05, 0) is 80.8 Å². The minimum absolute atomic E-state index is 0.299. The fourth-order valence-corrected chi connectivity index (χ4v) is 3.85. The molecule has 1 aromatic carbocycles. The summed E-state index contributed by atoms with van der Waals surface area (Å²) in [5.74, 6) is 1.12. The summed E-state index contributed by atoms with van der Waals surface area (Å²) in [5, 5.41) is -1.90. The summed E-state index contributed by atoms with van der Waals surface area (Å²) in [7, 11) is 3.94. The second kappa shape index (κ2) is 9.41. The van der Waals surface area contributed by atoms with Gasteiger partial charge in [-0.25, -0.2) is 4.79 Å². The average Bonchev–Trinajstić information content (AvgIpc) is 2.66. The fourth-order valence-electron chi connectivity index (χ4n) is 3.58. The van der Waals surface area contributed by atoms with E-state index in [9.17, 15) is 9.18 Å². The summed E-state index contributed by atoms with van der Waals surface area (Å²) in [5.41, 5.74) is 3.76. The van der Waals surface area contributed by atoms with E-state index in [-0.39, 0.29) is 5.97 Å². The molecule has 156 valence electrons. The topological polar surface area (TPSA) is 44.8 Å². The molecule has 2 aliphatic carbocycles. The van der Waals surface area contributed by atoms with Gasteiger partial charge in [0.1, 0.15) is 18.1 Å². The molecule has 0 radical (unpaired) electrons. The highest BCUT2D eigenvalue weighted by Gasteiger charge is 2.32. The van der Waals surface area contributed by atoms with Gasteiger partial charge in [-0.1, -0.05) is 29.9 Å². The minimum atomic E-state index is -1.90. The highest BCUT2D eigenvalue weighted by Crippen LogP contribution is 2.41. The van der Waals surface area contributed by atoms with Gasteiger partial charge in [0, 0.05) is 0 Å². The molecule has 0 fully saturated rings.